The van der Waals surface area contributed by atoms with Gasteiger partial charge in [-0.15, -0.1) is 0 Å². The number of rotatable bonds is 0. The maximum Gasteiger partial charge on any atom is 0 e. The fourth-order valence-electron chi connectivity index (χ4n) is 0. The zero-order valence-corrected chi connectivity index (χ0v) is 7.11. The number of hydrogen-bond acceptors (Lipinski definition) is 0. The Morgan fingerprint density at radius 3 is 1.00 bits per heavy atom. The third kappa shape index (κ3) is 8.83. The molecule has 0 spiro atoms. The molecule has 4 heavy (non-hydrogen) atoms. The Kier molecular flexibility index (Phi) is 145. The van der Waals surface area contributed by atoms with Crippen molar-refractivity contribution in [3.63, 3.8) is 0 Å². The van der Waals surface area contributed by atoms with E-state index in [4.69, 9.17) is 0 Å². The minimum atomic E-state index is 0. The van der Waals surface area contributed by atoms with Crippen molar-refractivity contribution >= 4 is 27.5 Å². The van der Waals surface area contributed by atoms with Crippen molar-refractivity contribution in [2.75, 3.05) is 0 Å². The van der Waals surface area contributed by atoms with Crippen LogP contribution < -0.4 is 0 Å². The van der Waals surface area contributed by atoms with Gasteiger partial charge in [-0.1, -0.05) is 0 Å². The van der Waals surface area contributed by atoms with Crippen molar-refractivity contribution in [1.29, 1.82) is 0 Å². The second-order valence-corrected chi connectivity index (χ2v) is 0. The molecule has 0 aliphatic carbocycles. The molecule has 1 atom stereocenters. The maximum absolute atomic E-state index is 0. The van der Waals surface area contributed by atoms with Crippen LogP contribution in [-0.4, -0.2) is 17.6 Å². The van der Waals surface area contributed by atoms with Crippen LogP contribution in [0.5, 0.6) is 0 Å². The first kappa shape index (κ1) is 32.2. The summed E-state index contributed by atoms with van der Waals surface area (Å²) < 4.78 is 0. The SMILES string of the molecule is F.P.[Ge].[Yb]. The molecule has 0 N–H and O–H groups in total. The molecule has 0 bridgehead atoms. The van der Waals surface area contributed by atoms with Crippen LogP contribution in [0.25, 0.3) is 0 Å². The molecule has 0 heterocycles. The van der Waals surface area contributed by atoms with E-state index in [0.717, 1.165) is 0 Å². The molecule has 0 aliphatic rings. The van der Waals surface area contributed by atoms with Gasteiger partial charge in [-0.05, 0) is 0 Å². The predicted octanol–water partition coefficient (Wildman–Crippen LogP) is -0.170. The first-order valence-corrected chi connectivity index (χ1v) is 0. The van der Waals surface area contributed by atoms with Crippen LogP contribution in [0, 0.1) is 46.9 Å². The van der Waals surface area contributed by atoms with Crippen molar-refractivity contribution in [3.8, 4) is 0 Å². The topological polar surface area (TPSA) is 0 Å². The van der Waals surface area contributed by atoms with E-state index in [9.17, 15) is 0 Å². The minimum absolute atomic E-state index is 0. The van der Waals surface area contributed by atoms with E-state index in [2.05, 4.69) is 0 Å². The zero-order chi connectivity index (χ0) is 0. The van der Waals surface area contributed by atoms with E-state index < -0.39 is 0 Å². The molecular weight excluding hydrogens is 296 g/mol. The smallest absolute Gasteiger partial charge is 0 e. The van der Waals surface area contributed by atoms with Gasteiger partial charge < -0.3 is 0 Å². The van der Waals surface area contributed by atoms with Crippen molar-refractivity contribution < 1.29 is 51.6 Å². The van der Waals surface area contributed by atoms with Crippen molar-refractivity contribution in [3.05, 3.63) is 0 Å². The van der Waals surface area contributed by atoms with Gasteiger partial charge in [-0.25, -0.2) is 0 Å². The monoisotopic (exact) mass is 302 g/mol. The largest absolute Gasteiger partial charge is 0.269 e. The van der Waals surface area contributed by atoms with E-state index in [1.165, 1.54) is 0 Å². The molecule has 0 aliphatic heterocycles. The third-order valence-corrected chi connectivity index (χ3v) is 0. The molecule has 0 rings (SSSR count). The second-order valence-electron chi connectivity index (χ2n) is 0. The molecule has 0 saturated carbocycles. The van der Waals surface area contributed by atoms with Crippen molar-refractivity contribution in [1.82, 2.24) is 0 Å². The van der Waals surface area contributed by atoms with Gasteiger partial charge in [0.2, 0.25) is 0 Å². The van der Waals surface area contributed by atoms with Crippen molar-refractivity contribution in [2.45, 2.75) is 0 Å². The van der Waals surface area contributed by atoms with Gasteiger partial charge in [0, 0.05) is 64.5 Å². The summed E-state index contributed by atoms with van der Waals surface area (Å²) in [6.07, 6.45) is 0. The van der Waals surface area contributed by atoms with Crippen LogP contribution in [0.2, 0.25) is 0 Å². The molecule has 0 aromatic carbocycles. The average molecular weight is 300 g/mol. The minimum Gasteiger partial charge on any atom is -0.269 e. The first-order valence-electron chi connectivity index (χ1n) is 0. The van der Waals surface area contributed by atoms with Gasteiger partial charge in [0.05, 0.1) is 0 Å². The Hall–Kier alpha value is 2.42. The van der Waals surface area contributed by atoms with Crippen LogP contribution in [0.3, 0.4) is 0 Å². The zero-order valence-electron chi connectivity index (χ0n) is 1.88. The predicted molar refractivity (Wildman–Crippen MR) is 19.4 cm³/mol. The molecule has 34 valence electrons. The Morgan fingerprint density at radius 1 is 1.00 bits per heavy atom. The van der Waals surface area contributed by atoms with E-state index in [1.807, 2.05) is 0 Å². The molecular formula is H4FGePYb. The molecule has 0 aromatic rings. The summed E-state index contributed by atoms with van der Waals surface area (Å²) in [5.41, 5.74) is 0. The maximum atomic E-state index is 0. The molecule has 0 nitrogen and oxygen atoms in total. The third-order valence-electron chi connectivity index (χ3n) is 0. The number of halogens is 1. The van der Waals surface area contributed by atoms with Gasteiger partial charge >= 0.3 is 0 Å². The van der Waals surface area contributed by atoms with Gasteiger partial charge in [0.1, 0.15) is 0 Å². The van der Waals surface area contributed by atoms with E-state index in [-0.39, 0.29) is 79.1 Å². The van der Waals surface area contributed by atoms with Gasteiger partial charge in [-0.2, -0.15) is 9.90 Å². The Bertz CT molecular complexity index is 8.00. The van der Waals surface area contributed by atoms with Crippen LogP contribution in [0.4, 0.5) is 4.70 Å². The quantitative estimate of drug-likeness (QED) is 0.430. The summed E-state index contributed by atoms with van der Waals surface area (Å²) in [5, 5.41) is 0. The fraction of sp³-hybridized carbons (Fsp3) is 0. The number of hydrogen-bond donors (Lipinski definition) is 0. The molecule has 0 aromatic heterocycles. The summed E-state index contributed by atoms with van der Waals surface area (Å²) in [6.45, 7) is 0. The summed E-state index contributed by atoms with van der Waals surface area (Å²) in [6, 6.07) is 0. The average Bonchev–Trinajstić information content (AvgIpc) is 0. The Morgan fingerprint density at radius 2 is 1.00 bits per heavy atom. The van der Waals surface area contributed by atoms with Crippen LogP contribution in [0.1, 0.15) is 0 Å². The van der Waals surface area contributed by atoms with Gasteiger partial charge in [0.25, 0.3) is 0 Å². The molecule has 0 saturated heterocycles. The molecule has 0 fully saturated rings. The van der Waals surface area contributed by atoms with Crippen molar-refractivity contribution in [2.24, 2.45) is 0 Å². The Balaban J connectivity index is 0. The summed E-state index contributed by atoms with van der Waals surface area (Å²) >= 11 is 0. The second kappa shape index (κ2) is 18.1. The normalized spacial score (nSPS) is 0. The Labute approximate surface area is 77.7 Å². The molecule has 0 amide bonds. The standard InChI is InChI=1S/FH.Ge.H3P.Yb/h1H;;1H3;. The summed E-state index contributed by atoms with van der Waals surface area (Å²) in [7, 11) is 0. The van der Waals surface area contributed by atoms with Crippen LogP contribution in [0.15, 0.2) is 0 Å². The first-order chi connectivity index (χ1) is 0. The van der Waals surface area contributed by atoms with Gasteiger partial charge in [-0.3, -0.25) is 4.70 Å². The van der Waals surface area contributed by atoms with Gasteiger partial charge in [0.15, 0.2) is 0 Å². The molecule has 4 heteroatoms. The van der Waals surface area contributed by atoms with Crippen LogP contribution >= 0.6 is 9.90 Å². The summed E-state index contributed by atoms with van der Waals surface area (Å²) in [5.74, 6) is 0. The fourth-order valence-corrected chi connectivity index (χ4v) is 0. The van der Waals surface area contributed by atoms with E-state index >= 15 is 0 Å². The van der Waals surface area contributed by atoms with E-state index in [1.54, 1.807) is 0 Å². The molecule has 1 unspecified atom stereocenters. The molecule has 4 radical (unpaired) electrons. The van der Waals surface area contributed by atoms with Crippen LogP contribution in [-0.2, 0) is 0 Å². The summed E-state index contributed by atoms with van der Waals surface area (Å²) in [4.78, 5) is 0. The van der Waals surface area contributed by atoms with E-state index in [0.29, 0.717) is 0 Å².